The lowest BCUT2D eigenvalue weighted by molar-refractivity contribution is 0.0996. The Kier molecular flexibility index (Phi) is 5.70. The summed E-state index contributed by atoms with van der Waals surface area (Å²) in [7, 11) is 1.71. The van der Waals surface area contributed by atoms with E-state index in [9.17, 15) is 4.79 Å². The van der Waals surface area contributed by atoms with E-state index in [1.165, 1.54) is 6.26 Å². The second-order valence-corrected chi connectivity index (χ2v) is 6.45. The number of anilines is 1. The summed E-state index contributed by atoms with van der Waals surface area (Å²) in [6.45, 7) is 1.06. The van der Waals surface area contributed by atoms with Crippen LogP contribution in [0.15, 0.2) is 76.5 Å². The summed E-state index contributed by atoms with van der Waals surface area (Å²) in [4.78, 5) is 16.3. The van der Waals surface area contributed by atoms with Gasteiger partial charge in [-0.15, -0.1) is 10.2 Å². The highest BCUT2D eigenvalue weighted by molar-refractivity contribution is 6.02. The highest BCUT2D eigenvalue weighted by Gasteiger charge is 2.09. The number of aliphatic imine (C=N–C) groups is 1. The molecule has 0 aliphatic rings. The molecule has 0 saturated heterocycles. The molecule has 1 aromatic carbocycles. The molecule has 0 spiro atoms. The van der Waals surface area contributed by atoms with Crippen molar-refractivity contribution >= 4 is 23.2 Å². The average molecular weight is 403 g/mol. The summed E-state index contributed by atoms with van der Waals surface area (Å²) in [5, 5.41) is 17.6. The maximum Gasteiger partial charge on any atom is 0.291 e. The first-order chi connectivity index (χ1) is 14.7. The SMILES string of the molecule is CN=C(NCc1ccc(NC(=O)c2ccco2)cc1)NCc1nnc2ccccn12. The Hall–Kier alpha value is -4.14. The maximum atomic E-state index is 12.0. The van der Waals surface area contributed by atoms with Crippen LogP contribution in [0.3, 0.4) is 0 Å². The number of hydrogen-bond acceptors (Lipinski definition) is 5. The van der Waals surface area contributed by atoms with Gasteiger partial charge in [-0.3, -0.25) is 14.2 Å². The standard InChI is InChI=1S/C21H21N7O2/c1-22-21(24-14-19-27-26-18-6-2-3-11-28(18)19)23-13-15-7-9-16(10-8-15)25-20(29)17-5-4-12-30-17/h2-12H,13-14H2,1H3,(H,25,29)(H2,22,23,24). The van der Waals surface area contributed by atoms with Crippen LogP contribution in [-0.2, 0) is 13.1 Å². The van der Waals surface area contributed by atoms with Crippen LogP contribution in [0.5, 0.6) is 0 Å². The van der Waals surface area contributed by atoms with E-state index >= 15 is 0 Å². The second kappa shape index (κ2) is 8.91. The van der Waals surface area contributed by atoms with Crippen molar-refractivity contribution in [1.29, 1.82) is 0 Å². The number of rotatable bonds is 6. The van der Waals surface area contributed by atoms with Crippen LogP contribution in [0.1, 0.15) is 21.9 Å². The van der Waals surface area contributed by atoms with E-state index in [2.05, 4.69) is 31.1 Å². The number of guanidine groups is 1. The monoisotopic (exact) mass is 403 g/mol. The Morgan fingerprint density at radius 3 is 2.63 bits per heavy atom. The predicted molar refractivity (Wildman–Crippen MR) is 113 cm³/mol. The van der Waals surface area contributed by atoms with Gasteiger partial charge in [-0.05, 0) is 42.0 Å². The fourth-order valence-corrected chi connectivity index (χ4v) is 2.89. The number of pyridine rings is 1. The van der Waals surface area contributed by atoms with E-state index in [0.717, 1.165) is 17.0 Å². The lowest BCUT2D eigenvalue weighted by Crippen LogP contribution is -2.36. The molecule has 0 bridgehead atoms. The molecule has 0 aliphatic carbocycles. The second-order valence-electron chi connectivity index (χ2n) is 6.45. The number of furan rings is 1. The van der Waals surface area contributed by atoms with Gasteiger partial charge in [0.1, 0.15) is 0 Å². The zero-order chi connectivity index (χ0) is 20.8. The van der Waals surface area contributed by atoms with Crippen molar-refractivity contribution in [2.45, 2.75) is 13.1 Å². The van der Waals surface area contributed by atoms with E-state index in [-0.39, 0.29) is 11.7 Å². The first kappa shape index (κ1) is 19.2. The first-order valence-electron chi connectivity index (χ1n) is 9.40. The van der Waals surface area contributed by atoms with Crippen LogP contribution in [0.25, 0.3) is 5.65 Å². The normalized spacial score (nSPS) is 11.4. The van der Waals surface area contributed by atoms with Crippen LogP contribution in [0.4, 0.5) is 5.69 Å². The van der Waals surface area contributed by atoms with Crippen molar-refractivity contribution in [2.75, 3.05) is 12.4 Å². The summed E-state index contributed by atoms with van der Waals surface area (Å²) >= 11 is 0. The third-order valence-electron chi connectivity index (χ3n) is 4.44. The van der Waals surface area contributed by atoms with Gasteiger partial charge in [0.2, 0.25) is 0 Å². The van der Waals surface area contributed by atoms with Gasteiger partial charge in [-0.1, -0.05) is 18.2 Å². The molecule has 152 valence electrons. The summed E-state index contributed by atoms with van der Waals surface area (Å²) in [5.74, 6) is 1.44. The van der Waals surface area contributed by atoms with Crippen LogP contribution >= 0.6 is 0 Å². The van der Waals surface area contributed by atoms with Gasteiger partial charge in [0.05, 0.1) is 12.8 Å². The highest BCUT2D eigenvalue weighted by atomic mass is 16.3. The molecule has 3 heterocycles. The van der Waals surface area contributed by atoms with Gasteiger partial charge in [-0.25, -0.2) is 0 Å². The molecule has 4 aromatic rings. The Labute approximate surface area is 172 Å². The minimum atomic E-state index is -0.281. The van der Waals surface area contributed by atoms with Crippen molar-refractivity contribution in [3.8, 4) is 0 Å². The van der Waals surface area contributed by atoms with Crippen molar-refractivity contribution < 1.29 is 9.21 Å². The van der Waals surface area contributed by atoms with Crippen molar-refractivity contribution in [2.24, 2.45) is 4.99 Å². The third kappa shape index (κ3) is 4.46. The molecule has 0 aliphatic heterocycles. The number of aromatic nitrogens is 3. The highest BCUT2D eigenvalue weighted by Crippen LogP contribution is 2.12. The van der Waals surface area contributed by atoms with Gasteiger partial charge >= 0.3 is 0 Å². The van der Waals surface area contributed by atoms with Crippen molar-refractivity contribution in [3.63, 3.8) is 0 Å². The molecule has 3 aromatic heterocycles. The number of carbonyl (C=O) groups excluding carboxylic acids is 1. The molecule has 0 fully saturated rings. The van der Waals surface area contributed by atoms with E-state index in [4.69, 9.17) is 4.42 Å². The fraction of sp³-hybridized carbons (Fsp3) is 0.143. The minimum absolute atomic E-state index is 0.274. The van der Waals surface area contributed by atoms with E-state index in [0.29, 0.717) is 24.7 Å². The summed E-state index contributed by atoms with van der Waals surface area (Å²) in [6, 6.07) is 16.6. The number of amides is 1. The van der Waals surface area contributed by atoms with Gasteiger partial charge in [0, 0.05) is 25.5 Å². The maximum absolute atomic E-state index is 12.0. The number of carbonyl (C=O) groups is 1. The fourth-order valence-electron chi connectivity index (χ4n) is 2.89. The summed E-state index contributed by atoms with van der Waals surface area (Å²) in [5.41, 5.74) is 2.54. The van der Waals surface area contributed by atoms with Crippen molar-refractivity contribution in [1.82, 2.24) is 25.2 Å². The molecular formula is C21H21N7O2. The average Bonchev–Trinajstić information content (AvgIpc) is 3.45. The van der Waals surface area contributed by atoms with Crippen molar-refractivity contribution in [3.05, 3.63) is 84.2 Å². The molecule has 1 amide bonds. The van der Waals surface area contributed by atoms with Gasteiger partial charge in [0.25, 0.3) is 5.91 Å². The van der Waals surface area contributed by atoms with Crippen LogP contribution in [-0.4, -0.2) is 33.5 Å². The molecule has 0 radical (unpaired) electrons. The van der Waals surface area contributed by atoms with Crippen LogP contribution in [0.2, 0.25) is 0 Å². The Morgan fingerprint density at radius 2 is 1.87 bits per heavy atom. The lowest BCUT2D eigenvalue weighted by Gasteiger charge is -2.12. The topological polar surface area (TPSA) is 109 Å². The first-order valence-corrected chi connectivity index (χ1v) is 9.40. The van der Waals surface area contributed by atoms with Crippen LogP contribution in [0, 0.1) is 0 Å². The quantitative estimate of drug-likeness (QED) is 0.337. The largest absolute Gasteiger partial charge is 0.459 e. The number of nitrogens with zero attached hydrogens (tertiary/aromatic N) is 4. The molecule has 9 nitrogen and oxygen atoms in total. The smallest absolute Gasteiger partial charge is 0.291 e. The molecule has 3 N–H and O–H groups in total. The number of fused-ring (bicyclic) bond motifs is 1. The lowest BCUT2D eigenvalue weighted by atomic mass is 10.2. The number of benzene rings is 1. The Morgan fingerprint density at radius 1 is 1.03 bits per heavy atom. The number of hydrogen-bond donors (Lipinski definition) is 3. The van der Waals surface area contributed by atoms with Gasteiger partial charge < -0.3 is 20.4 Å². The molecule has 0 unspecified atom stereocenters. The van der Waals surface area contributed by atoms with Gasteiger partial charge in [-0.2, -0.15) is 0 Å². The molecule has 0 atom stereocenters. The van der Waals surface area contributed by atoms with Gasteiger partial charge in [0.15, 0.2) is 23.2 Å². The van der Waals surface area contributed by atoms with E-state index in [1.807, 2.05) is 53.1 Å². The zero-order valence-corrected chi connectivity index (χ0v) is 16.4. The zero-order valence-electron chi connectivity index (χ0n) is 16.4. The van der Waals surface area contributed by atoms with E-state index < -0.39 is 0 Å². The number of nitrogens with one attached hydrogen (secondary N) is 3. The summed E-state index contributed by atoms with van der Waals surface area (Å²) < 4.78 is 7.02. The minimum Gasteiger partial charge on any atom is -0.459 e. The molecule has 30 heavy (non-hydrogen) atoms. The Balaban J connectivity index is 1.29. The third-order valence-corrected chi connectivity index (χ3v) is 4.44. The Bertz CT molecular complexity index is 1150. The molecule has 0 saturated carbocycles. The molecule has 4 rings (SSSR count). The molecule has 9 heteroatoms. The molecular weight excluding hydrogens is 382 g/mol. The predicted octanol–water partition coefficient (Wildman–Crippen LogP) is 2.44. The summed E-state index contributed by atoms with van der Waals surface area (Å²) in [6.07, 6.45) is 3.39. The van der Waals surface area contributed by atoms with E-state index in [1.54, 1.807) is 19.2 Å². The van der Waals surface area contributed by atoms with Crippen LogP contribution < -0.4 is 16.0 Å².